The Bertz CT molecular complexity index is 1620. The summed E-state index contributed by atoms with van der Waals surface area (Å²) in [5, 5.41) is 7.12. The molecule has 1 fully saturated rings. The zero-order chi connectivity index (χ0) is 20.5. The molecule has 0 bridgehead atoms. The third-order valence-corrected chi connectivity index (χ3v) is 7.28. The molecule has 0 unspecified atom stereocenters. The summed E-state index contributed by atoms with van der Waals surface area (Å²) < 4.78 is 12.5. The third-order valence-electron chi connectivity index (χ3n) is 7.28. The van der Waals surface area contributed by atoms with Crippen molar-refractivity contribution in [1.82, 2.24) is 0 Å². The van der Waals surface area contributed by atoms with Gasteiger partial charge in [0.2, 0.25) is 0 Å². The smallest absolute Gasteiger partial charge is 0.136 e. The van der Waals surface area contributed by atoms with E-state index >= 15 is 0 Å². The van der Waals surface area contributed by atoms with E-state index in [1.54, 1.807) is 0 Å². The normalized spacial score (nSPS) is 15.8. The summed E-state index contributed by atoms with van der Waals surface area (Å²) in [7, 11) is 0. The molecular formula is C29H24O2. The van der Waals surface area contributed by atoms with Gasteiger partial charge in [0.05, 0.1) is 0 Å². The molecule has 4 aromatic carbocycles. The molecule has 1 saturated carbocycles. The molecule has 0 saturated heterocycles. The first kappa shape index (κ1) is 17.4. The maximum atomic E-state index is 6.32. The fraction of sp³-hybridized carbons (Fsp3) is 0.241. The van der Waals surface area contributed by atoms with E-state index in [1.807, 2.05) is 0 Å². The summed E-state index contributed by atoms with van der Waals surface area (Å²) in [6, 6.07) is 22.2. The molecule has 0 N–H and O–H groups in total. The molecule has 1 aliphatic rings. The van der Waals surface area contributed by atoms with Crippen LogP contribution >= 0.6 is 0 Å². The number of benzene rings is 4. The standard InChI is InChI=1S/C29H24O2/c1-17-7-10-26-22(11-17)24-15-29-25(16-28(24)30-26)23-13-21-12-19(18-5-3-2-4-6-18)8-9-20(21)14-27(23)31-29/h7-16,18H,2-6H2,1H3. The van der Waals surface area contributed by atoms with E-state index in [0.29, 0.717) is 5.92 Å². The molecule has 7 rings (SSSR count). The SMILES string of the molecule is Cc1ccc2oc3cc4c(cc3c2c1)oc1cc2ccc(C3CCCCC3)cc2cc14. The third kappa shape index (κ3) is 2.64. The van der Waals surface area contributed by atoms with E-state index < -0.39 is 0 Å². The van der Waals surface area contributed by atoms with E-state index in [0.717, 1.165) is 38.5 Å². The van der Waals surface area contributed by atoms with Crippen molar-refractivity contribution in [3.05, 3.63) is 71.8 Å². The van der Waals surface area contributed by atoms with Gasteiger partial charge in [0, 0.05) is 21.5 Å². The average molecular weight is 405 g/mol. The predicted octanol–water partition coefficient (Wildman–Crippen LogP) is 8.99. The van der Waals surface area contributed by atoms with Crippen LogP contribution in [0.5, 0.6) is 0 Å². The summed E-state index contributed by atoms with van der Waals surface area (Å²) >= 11 is 0. The lowest BCUT2D eigenvalue weighted by Gasteiger charge is -2.22. The van der Waals surface area contributed by atoms with Crippen LogP contribution in [0.15, 0.2) is 69.5 Å². The van der Waals surface area contributed by atoms with Crippen LogP contribution in [0.4, 0.5) is 0 Å². The van der Waals surface area contributed by atoms with Crippen molar-refractivity contribution in [2.24, 2.45) is 0 Å². The van der Waals surface area contributed by atoms with Gasteiger partial charge < -0.3 is 8.83 Å². The number of rotatable bonds is 1. The van der Waals surface area contributed by atoms with Crippen LogP contribution < -0.4 is 0 Å². The second kappa shape index (κ2) is 6.37. The molecule has 0 spiro atoms. The second-order valence-electron chi connectivity index (χ2n) is 9.34. The number of hydrogen-bond donors (Lipinski definition) is 0. The van der Waals surface area contributed by atoms with Crippen molar-refractivity contribution in [3.8, 4) is 0 Å². The van der Waals surface area contributed by atoms with Gasteiger partial charge in [0.25, 0.3) is 0 Å². The van der Waals surface area contributed by atoms with Crippen molar-refractivity contribution in [1.29, 1.82) is 0 Å². The Hall–Kier alpha value is -3.26. The highest BCUT2D eigenvalue weighted by Gasteiger charge is 2.17. The van der Waals surface area contributed by atoms with Gasteiger partial charge >= 0.3 is 0 Å². The Labute approximate surface area is 180 Å². The molecule has 2 heterocycles. The molecule has 2 heteroatoms. The summed E-state index contributed by atoms with van der Waals surface area (Å²) in [6.07, 6.45) is 6.77. The van der Waals surface area contributed by atoms with Gasteiger partial charge in [-0.05, 0) is 78.4 Å². The molecule has 0 atom stereocenters. The molecule has 2 aromatic heterocycles. The Morgan fingerprint density at radius 1 is 0.581 bits per heavy atom. The number of hydrogen-bond acceptors (Lipinski definition) is 2. The molecule has 1 aliphatic carbocycles. The highest BCUT2D eigenvalue weighted by Crippen LogP contribution is 2.39. The van der Waals surface area contributed by atoms with Gasteiger partial charge in [-0.2, -0.15) is 0 Å². The number of furan rings is 2. The van der Waals surface area contributed by atoms with Crippen molar-refractivity contribution >= 4 is 54.6 Å². The fourth-order valence-electron chi connectivity index (χ4n) is 5.61. The van der Waals surface area contributed by atoms with Crippen LogP contribution in [0.2, 0.25) is 0 Å². The Kier molecular flexibility index (Phi) is 3.58. The number of aryl methyl sites for hydroxylation is 1. The fourth-order valence-corrected chi connectivity index (χ4v) is 5.61. The largest absolute Gasteiger partial charge is 0.456 e. The maximum Gasteiger partial charge on any atom is 0.136 e. The number of fused-ring (bicyclic) bond motifs is 7. The highest BCUT2D eigenvalue weighted by molar-refractivity contribution is 6.16. The lowest BCUT2D eigenvalue weighted by molar-refractivity contribution is 0.444. The van der Waals surface area contributed by atoms with Crippen LogP contribution in [-0.2, 0) is 0 Å². The predicted molar refractivity (Wildman–Crippen MR) is 129 cm³/mol. The van der Waals surface area contributed by atoms with Crippen LogP contribution in [0.3, 0.4) is 0 Å². The summed E-state index contributed by atoms with van der Waals surface area (Å²) in [6.45, 7) is 2.12. The zero-order valence-electron chi connectivity index (χ0n) is 17.7. The van der Waals surface area contributed by atoms with Crippen LogP contribution in [-0.4, -0.2) is 0 Å². The molecule has 6 aromatic rings. The van der Waals surface area contributed by atoms with Gasteiger partial charge in [-0.1, -0.05) is 49.1 Å². The molecular weight excluding hydrogens is 380 g/mol. The Balaban J connectivity index is 1.46. The lowest BCUT2D eigenvalue weighted by atomic mass is 9.83. The average Bonchev–Trinajstić information content (AvgIpc) is 3.32. The van der Waals surface area contributed by atoms with Crippen molar-refractivity contribution < 1.29 is 8.83 Å². The first-order valence-electron chi connectivity index (χ1n) is 11.5. The van der Waals surface area contributed by atoms with Gasteiger partial charge in [0.15, 0.2) is 0 Å². The van der Waals surface area contributed by atoms with Gasteiger partial charge in [-0.3, -0.25) is 0 Å². The zero-order valence-corrected chi connectivity index (χ0v) is 17.7. The van der Waals surface area contributed by atoms with Crippen LogP contribution in [0, 0.1) is 6.92 Å². The Morgan fingerprint density at radius 2 is 1.26 bits per heavy atom. The van der Waals surface area contributed by atoms with Crippen LogP contribution in [0.25, 0.3) is 54.6 Å². The van der Waals surface area contributed by atoms with Crippen molar-refractivity contribution in [2.75, 3.05) is 0 Å². The van der Waals surface area contributed by atoms with E-state index in [9.17, 15) is 0 Å². The second-order valence-corrected chi connectivity index (χ2v) is 9.34. The van der Waals surface area contributed by atoms with E-state index in [-0.39, 0.29) is 0 Å². The molecule has 31 heavy (non-hydrogen) atoms. The molecule has 0 aliphatic heterocycles. The van der Waals surface area contributed by atoms with Crippen molar-refractivity contribution in [2.45, 2.75) is 44.9 Å². The van der Waals surface area contributed by atoms with Gasteiger partial charge in [-0.15, -0.1) is 0 Å². The first-order valence-corrected chi connectivity index (χ1v) is 11.5. The highest BCUT2D eigenvalue weighted by atomic mass is 16.3. The minimum Gasteiger partial charge on any atom is -0.456 e. The lowest BCUT2D eigenvalue weighted by Crippen LogP contribution is -2.04. The van der Waals surface area contributed by atoms with E-state index in [4.69, 9.17) is 8.83 Å². The Morgan fingerprint density at radius 3 is 2.06 bits per heavy atom. The minimum absolute atomic E-state index is 0.716. The van der Waals surface area contributed by atoms with Crippen molar-refractivity contribution in [3.63, 3.8) is 0 Å². The van der Waals surface area contributed by atoms with Crippen LogP contribution in [0.1, 0.15) is 49.1 Å². The summed E-state index contributed by atoms with van der Waals surface area (Å²) in [4.78, 5) is 0. The molecule has 152 valence electrons. The van der Waals surface area contributed by atoms with Gasteiger partial charge in [-0.25, -0.2) is 0 Å². The first-order chi connectivity index (χ1) is 15.2. The molecule has 0 amide bonds. The van der Waals surface area contributed by atoms with E-state index in [1.165, 1.54) is 59.4 Å². The summed E-state index contributed by atoms with van der Waals surface area (Å²) in [5.41, 5.74) is 6.46. The summed E-state index contributed by atoms with van der Waals surface area (Å²) in [5.74, 6) is 0.716. The minimum atomic E-state index is 0.716. The quantitative estimate of drug-likeness (QED) is 0.273. The monoisotopic (exact) mass is 404 g/mol. The maximum absolute atomic E-state index is 6.32. The van der Waals surface area contributed by atoms with Gasteiger partial charge in [0.1, 0.15) is 22.3 Å². The van der Waals surface area contributed by atoms with E-state index in [2.05, 4.69) is 67.6 Å². The molecule has 2 nitrogen and oxygen atoms in total. The topological polar surface area (TPSA) is 26.3 Å². The molecule has 0 radical (unpaired) electrons.